The Bertz CT molecular complexity index is 2160. The molecular formula is C36H33N5O4. The molecule has 0 spiro atoms. The Morgan fingerprint density at radius 2 is 1.76 bits per heavy atom. The Morgan fingerprint density at radius 3 is 2.51 bits per heavy atom. The molecule has 0 N–H and O–H groups in total. The maximum Gasteiger partial charge on any atom is 0.282 e. The van der Waals surface area contributed by atoms with Crippen LogP contribution >= 0.6 is 0 Å². The quantitative estimate of drug-likeness (QED) is 0.0963. The van der Waals surface area contributed by atoms with Crippen LogP contribution in [0.1, 0.15) is 48.9 Å². The number of fused-ring (bicyclic) bond motifs is 2. The molecule has 0 aliphatic carbocycles. The molecule has 2 aromatic heterocycles. The van der Waals surface area contributed by atoms with Crippen molar-refractivity contribution in [3.8, 4) is 17.1 Å². The Hall–Kier alpha value is -5.57. The zero-order chi connectivity index (χ0) is 31.7. The second kappa shape index (κ2) is 12.2. The van der Waals surface area contributed by atoms with Gasteiger partial charge in [0.1, 0.15) is 5.75 Å². The highest BCUT2D eigenvalue weighted by molar-refractivity contribution is 5.99. The molecular weight excluding hydrogens is 566 g/mol. The van der Waals surface area contributed by atoms with Gasteiger partial charge in [0.2, 0.25) is 0 Å². The van der Waals surface area contributed by atoms with E-state index in [1.54, 1.807) is 24.4 Å². The van der Waals surface area contributed by atoms with Crippen LogP contribution in [0.2, 0.25) is 0 Å². The number of aromatic nitrogens is 3. The standard InChI is InChI=1S/C36H33N5O4/c1-5-45-34-17-24(4)31(19-30(34)23(2)3)35-38-32-15-8-6-14-29(32)36(42)40(35)37-20-26-22-39(33-16-9-7-13-28(26)33)21-25-11-10-12-27(18-25)41(43)44/h6-20,22-23H,5,21H2,1-4H3. The minimum Gasteiger partial charge on any atom is -0.494 e. The molecule has 0 bridgehead atoms. The van der Waals surface area contributed by atoms with E-state index in [2.05, 4.69) is 19.9 Å². The van der Waals surface area contributed by atoms with Gasteiger partial charge in [-0.1, -0.05) is 56.3 Å². The van der Waals surface area contributed by atoms with Crippen LogP contribution in [0, 0.1) is 17.0 Å². The minimum absolute atomic E-state index is 0.0478. The van der Waals surface area contributed by atoms with Crippen molar-refractivity contribution in [3.05, 3.63) is 134 Å². The molecule has 0 atom stereocenters. The summed E-state index contributed by atoms with van der Waals surface area (Å²) in [5.41, 5.74) is 5.66. The van der Waals surface area contributed by atoms with Gasteiger partial charge >= 0.3 is 0 Å². The number of ether oxygens (including phenoxy) is 1. The second-order valence-corrected chi connectivity index (χ2v) is 11.3. The maximum atomic E-state index is 14.0. The van der Waals surface area contributed by atoms with Crippen molar-refractivity contribution in [2.24, 2.45) is 5.10 Å². The average Bonchev–Trinajstić information content (AvgIpc) is 3.37. The van der Waals surface area contributed by atoms with Crippen LogP contribution in [0.25, 0.3) is 33.2 Å². The molecule has 45 heavy (non-hydrogen) atoms. The third-order valence-corrected chi connectivity index (χ3v) is 7.88. The normalized spacial score (nSPS) is 11.7. The highest BCUT2D eigenvalue weighted by atomic mass is 16.6. The van der Waals surface area contributed by atoms with Gasteiger partial charge in [-0.15, -0.1) is 0 Å². The van der Waals surface area contributed by atoms with Gasteiger partial charge in [-0.25, -0.2) is 4.98 Å². The number of aryl methyl sites for hydroxylation is 1. The molecule has 4 aromatic carbocycles. The predicted octanol–water partition coefficient (Wildman–Crippen LogP) is 7.69. The van der Waals surface area contributed by atoms with Crippen LogP contribution in [-0.2, 0) is 6.54 Å². The van der Waals surface area contributed by atoms with E-state index in [0.29, 0.717) is 29.9 Å². The first kappa shape index (κ1) is 29.5. The summed E-state index contributed by atoms with van der Waals surface area (Å²) >= 11 is 0. The fourth-order valence-electron chi connectivity index (χ4n) is 5.67. The van der Waals surface area contributed by atoms with Crippen molar-refractivity contribution in [1.82, 2.24) is 14.2 Å². The first-order valence-electron chi connectivity index (χ1n) is 14.9. The van der Waals surface area contributed by atoms with Crippen molar-refractivity contribution in [2.75, 3.05) is 6.61 Å². The number of rotatable bonds is 9. The average molecular weight is 600 g/mol. The molecule has 0 unspecified atom stereocenters. The van der Waals surface area contributed by atoms with Crippen molar-refractivity contribution in [3.63, 3.8) is 0 Å². The van der Waals surface area contributed by atoms with E-state index in [0.717, 1.165) is 44.5 Å². The van der Waals surface area contributed by atoms with E-state index in [1.165, 1.54) is 10.7 Å². The third kappa shape index (κ3) is 5.72. The zero-order valence-electron chi connectivity index (χ0n) is 25.6. The number of hydrogen-bond donors (Lipinski definition) is 0. The molecule has 6 aromatic rings. The summed E-state index contributed by atoms with van der Waals surface area (Å²) in [6, 6.07) is 25.9. The number of nitrogens with zero attached hydrogens (tertiary/aromatic N) is 5. The van der Waals surface area contributed by atoms with E-state index in [1.807, 2.05) is 79.2 Å². The summed E-state index contributed by atoms with van der Waals surface area (Å²) in [6.07, 6.45) is 3.63. The lowest BCUT2D eigenvalue weighted by Gasteiger charge is -2.18. The van der Waals surface area contributed by atoms with Crippen molar-refractivity contribution in [2.45, 2.75) is 40.2 Å². The minimum atomic E-state index is -0.390. The number of nitro benzene ring substituents is 1. The lowest BCUT2D eigenvalue weighted by molar-refractivity contribution is -0.384. The van der Waals surface area contributed by atoms with E-state index < -0.39 is 4.92 Å². The Balaban J connectivity index is 1.50. The molecule has 6 rings (SSSR count). The summed E-state index contributed by atoms with van der Waals surface area (Å²) < 4.78 is 9.36. The fraction of sp³-hybridized carbons (Fsp3) is 0.194. The third-order valence-electron chi connectivity index (χ3n) is 7.88. The SMILES string of the molecule is CCOc1cc(C)c(-c2nc3ccccc3c(=O)n2N=Cc2cn(Cc3cccc([N+](=O)[O-])c3)c3ccccc23)cc1C(C)C. The van der Waals surface area contributed by atoms with Gasteiger partial charge in [0.15, 0.2) is 5.82 Å². The smallest absolute Gasteiger partial charge is 0.282 e. The van der Waals surface area contributed by atoms with Crippen molar-refractivity contribution in [1.29, 1.82) is 0 Å². The molecule has 0 amide bonds. The van der Waals surface area contributed by atoms with Gasteiger partial charge in [-0.3, -0.25) is 14.9 Å². The monoisotopic (exact) mass is 599 g/mol. The van der Waals surface area contributed by atoms with Gasteiger partial charge in [-0.05, 0) is 66.8 Å². The summed E-state index contributed by atoms with van der Waals surface area (Å²) in [5, 5.41) is 17.5. The molecule has 9 nitrogen and oxygen atoms in total. The van der Waals surface area contributed by atoms with Gasteiger partial charge in [0.25, 0.3) is 11.2 Å². The Kier molecular flexibility index (Phi) is 8.00. The lowest BCUT2D eigenvalue weighted by Crippen LogP contribution is -2.20. The summed E-state index contributed by atoms with van der Waals surface area (Å²) in [7, 11) is 0. The summed E-state index contributed by atoms with van der Waals surface area (Å²) in [4.78, 5) is 29.9. The zero-order valence-corrected chi connectivity index (χ0v) is 25.6. The highest BCUT2D eigenvalue weighted by Gasteiger charge is 2.19. The first-order valence-corrected chi connectivity index (χ1v) is 14.9. The molecule has 0 aliphatic rings. The molecule has 0 saturated heterocycles. The molecule has 0 aliphatic heterocycles. The largest absolute Gasteiger partial charge is 0.494 e. The number of para-hydroxylation sites is 2. The number of non-ortho nitro benzene ring substituents is 1. The molecule has 2 heterocycles. The lowest BCUT2D eigenvalue weighted by atomic mass is 9.96. The number of nitro groups is 1. The van der Waals surface area contributed by atoms with Gasteiger partial charge in [0, 0.05) is 46.9 Å². The van der Waals surface area contributed by atoms with E-state index >= 15 is 0 Å². The molecule has 226 valence electrons. The van der Waals surface area contributed by atoms with Crippen molar-refractivity contribution < 1.29 is 9.66 Å². The molecule has 0 saturated carbocycles. The van der Waals surface area contributed by atoms with Crippen LogP contribution in [0.4, 0.5) is 5.69 Å². The second-order valence-electron chi connectivity index (χ2n) is 11.3. The Morgan fingerprint density at radius 1 is 1.00 bits per heavy atom. The molecule has 0 fully saturated rings. The van der Waals surface area contributed by atoms with Gasteiger partial charge < -0.3 is 9.30 Å². The topological polar surface area (TPSA) is 105 Å². The van der Waals surface area contributed by atoms with Crippen molar-refractivity contribution >= 4 is 33.7 Å². The number of benzene rings is 4. The molecule has 9 heteroatoms. The van der Waals surface area contributed by atoms with E-state index in [9.17, 15) is 14.9 Å². The fourth-order valence-corrected chi connectivity index (χ4v) is 5.67. The summed E-state index contributed by atoms with van der Waals surface area (Å²) in [6.45, 7) is 9.15. The maximum absolute atomic E-state index is 14.0. The predicted molar refractivity (Wildman–Crippen MR) is 179 cm³/mol. The van der Waals surface area contributed by atoms with Crippen LogP contribution < -0.4 is 10.3 Å². The van der Waals surface area contributed by atoms with E-state index in [4.69, 9.17) is 14.8 Å². The Labute approximate surface area is 260 Å². The van der Waals surface area contributed by atoms with E-state index in [-0.39, 0.29) is 17.2 Å². The summed E-state index contributed by atoms with van der Waals surface area (Å²) in [5.74, 6) is 1.45. The first-order chi connectivity index (χ1) is 21.7. The highest BCUT2D eigenvalue weighted by Crippen LogP contribution is 2.34. The van der Waals surface area contributed by atoms with Crippen LogP contribution in [0.15, 0.2) is 101 Å². The van der Waals surface area contributed by atoms with Crippen LogP contribution in [0.3, 0.4) is 0 Å². The van der Waals surface area contributed by atoms with Gasteiger partial charge in [-0.2, -0.15) is 9.78 Å². The van der Waals surface area contributed by atoms with Gasteiger partial charge in [0.05, 0.1) is 28.6 Å². The van der Waals surface area contributed by atoms with Crippen LogP contribution in [-0.4, -0.2) is 32.0 Å². The number of hydrogen-bond acceptors (Lipinski definition) is 6. The van der Waals surface area contributed by atoms with Crippen LogP contribution in [0.5, 0.6) is 5.75 Å². The molecule has 0 radical (unpaired) electrons.